The van der Waals surface area contributed by atoms with Gasteiger partial charge in [0.15, 0.2) is 6.61 Å². The van der Waals surface area contributed by atoms with Crippen molar-refractivity contribution in [2.24, 2.45) is 0 Å². The van der Waals surface area contributed by atoms with Crippen molar-refractivity contribution in [3.63, 3.8) is 0 Å². The van der Waals surface area contributed by atoms with Gasteiger partial charge in [0, 0.05) is 22.6 Å². The third-order valence-electron chi connectivity index (χ3n) is 4.31. The summed E-state index contributed by atoms with van der Waals surface area (Å²) in [5, 5.41) is 3.20. The maximum atomic E-state index is 12.8. The number of likely N-dealkylation sites (tertiary alicyclic amines) is 1. The van der Waals surface area contributed by atoms with Crippen molar-refractivity contribution >= 4 is 45.0 Å². The molecule has 0 aliphatic carbocycles. The minimum atomic E-state index is -0.354. The van der Waals surface area contributed by atoms with E-state index < -0.39 is 0 Å². The van der Waals surface area contributed by atoms with E-state index in [1.807, 2.05) is 17.0 Å². The number of hydrogen-bond donors (Lipinski definition) is 1. The van der Waals surface area contributed by atoms with Crippen molar-refractivity contribution < 1.29 is 14.3 Å². The Balaban J connectivity index is 1.67. The number of hydrogen-bond acceptors (Lipinski definition) is 3. The number of rotatable bonds is 5. The third-order valence-corrected chi connectivity index (χ3v) is 5.08. The number of carbonyl (C=O) groups is 2. The highest BCUT2D eigenvalue weighted by atomic mass is 79.9. The van der Waals surface area contributed by atoms with Crippen LogP contribution in [0.5, 0.6) is 5.75 Å². The molecule has 5 nitrogen and oxygen atoms in total. The summed E-state index contributed by atoms with van der Waals surface area (Å²) >= 11 is 9.41. The molecule has 142 valence electrons. The van der Waals surface area contributed by atoms with E-state index in [0.29, 0.717) is 22.0 Å². The summed E-state index contributed by atoms with van der Waals surface area (Å²) in [5.41, 5.74) is 0.848. The highest BCUT2D eigenvalue weighted by Gasteiger charge is 2.21. The van der Waals surface area contributed by atoms with Crippen LogP contribution in [0, 0.1) is 0 Å². The smallest absolute Gasteiger partial charge is 0.262 e. The predicted octanol–water partition coefficient (Wildman–Crippen LogP) is 4.75. The fourth-order valence-corrected chi connectivity index (χ4v) is 3.38. The number of nitrogens with zero attached hydrogens (tertiary/aromatic N) is 1. The maximum Gasteiger partial charge on any atom is 0.262 e. The standard InChI is InChI=1S/C20H20BrClN2O3/c21-14-4-7-16(8-5-14)27-13-19(25)23-18-12-15(22)6-9-17(18)20(26)24-10-2-1-3-11-24/h4-9,12H,1-3,10-11,13H2,(H,23,25). The van der Waals surface area contributed by atoms with Crippen LogP contribution >= 0.6 is 27.5 Å². The lowest BCUT2D eigenvalue weighted by Gasteiger charge is -2.27. The summed E-state index contributed by atoms with van der Waals surface area (Å²) in [6.07, 6.45) is 3.14. The second-order valence-corrected chi connectivity index (χ2v) is 7.69. The van der Waals surface area contributed by atoms with Crippen LogP contribution in [0.15, 0.2) is 46.9 Å². The summed E-state index contributed by atoms with van der Waals surface area (Å²) < 4.78 is 6.41. The fourth-order valence-electron chi connectivity index (χ4n) is 2.94. The Labute approximate surface area is 171 Å². The van der Waals surface area contributed by atoms with E-state index in [2.05, 4.69) is 21.2 Å². The zero-order valence-electron chi connectivity index (χ0n) is 14.7. The molecule has 0 spiro atoms. The molecular formula is C20H20BrClN2O3. The summed E-state index contributed by atoms with van der Waals surface area (Å²) in [4.78, 5) is 26.9. The lowest BCUT2D eigenvalue weighted by atomic mass is 10.1. The molecule has 1 heterocycles. The number of piperidine rings is 1. The zero-order chi connectivity index (χ0) is 19.2. The van der Waals surface area contributed by atoms with E-state index >= 15 is 0 Å². The van der Waals surface area contributed by atoms with Crippen LogP contribution in [-0.2, 0) is 4.79 Å². The fraction of sp³-hybridized carbons (Fsp3) is 0.300. The summed E-state index contributed by atoms with van der Waals surface area (Å²) in [5.74, 6) is 0.146. The first-order valence-corrected chi connectivity index (χ1v) is 9.97. The van der Waals surface area contributed by atoms with Gasteiger partial charge in [0.25, 0.3) is 11.8 Å². The third kappa shape index (κ3) is 5.47. The van der Waals surface area contributed by atoms with Gasteiger partial charge in [-0.3, -0.25) is 9.59 Å². The van der Waals surface area contributed by atoms with Crippen LogP contribution in [0.1, 0.15) is 29.6 Å². The minimum Gasteiger partial charge on any atom is -0.484 e. The van der Waals surface area contributed by atoms with Crippen LogP contribution in [0.3, 0.4) is 0 Å². The summed E-state index contributed by atoms with van der Waals surface area (Å²) in [6, 6.07) is 12.1. The SMILES string of the molecule is O=C(COc1ccc(Br)cc1)Nc1cc(Cl)ccc1C(=O)N1CCCCC1. The van der Waals surface area contributed by atoms with E-state index in [1.165, 1.54) is 0 Å². The van der Waals surface area contributed by atoms with E-state index in [4.69, 9.17) is 16.3 Å². The molecule has 0 saturated carbocycles. The number of halogens is 2. The monoisotopic (exact) mass is 450 g/mol. The molecule has 0 bridgehead atoms. The molecular weight excluding hydrogens is 432 g/mol. The first kappa shape index (κ1) is 19.7. The van der Waals surface area contributed by atoms with Gasteiger partial charge in [0.05, 0.1) is 11.3 Å². The number of ether oxygens (including phenoxy) is 1. The quantitative estimate of drug-likeness (QED) is 0.714. The molecule has 1 N–H and O–H groups in total. The first-order chi connectivity index (χ1) is 13.0. The molecule has 2 aromatic rings. The largest absolute Gasteiger partial charge is 0.484 e. The van der Waals surface area contributed by atoms with E-state index in [1.54, 1.807) is 30.3 Å². The molecule has 27 heavy (non-hydrogen) atoms. The predicted molar refractivity (Wildman–Crippen MR) is 109 cm³/mol. The van der Waals surface area contributed by atoms with Gasteiger partial charge in [-0.05, 0) is 61.7 Å². The Morgan fingerprint density at radius 2 is 1.78 bits per heavy atom. The molecule has 1 fully saturated rings. The van der Waals surface area contributed by atoms with Crippen LogP contribution in [-0.4, -0.2) is 36.4 Å². The summed E-state index contributed by atoms with van der Waals surface area (Å²) in [6.45, 7) is 1.31. The second-order valence-electron chi connectivity index (χ2n) is 6.33. The van der Waals surface area contributed by atoms with Crippen LogP contribution in [0.2, 0.25) is 5.02 Å². The van der Waals surface area contributed by atoms with Gasteiger partial charge in [0.2, 0.25) is 0 Å². The van der Waals surface area contributed by atoms with Gasteiger partial charge in [-0.2, -0.15) is 0 Å². The van der Waals surface area contributed by atoms with Crippen LogP contribution in [0.4, 0.5) is 5.69 Å². The molecule has 0 aromatic heterocycles. The number of carbonyl (C=O) groups excluding carboxylic acids is 2. The first-order valence-electron chi connectivity index (χ1n) is 8.80. The Morgan fingerprint density at radius 3 is 2.48 bits per heavy atom. The van der Waals surface area contributed by atoms with Gasteiger partial charge < -0.3 is 15.0 Å². The number of amides is 2. The lowest BCUT2D eigenvalue weighted by Crippen LogP contribution is -2.36. The highest BCUT2D eigenvalue weighted by Crippen LogP contribution is 2.24. The molecule has 1 saturated heterocycles. The molecule has 0 radical (unpaired) electrons. The average molecular weight is 452 g/mol. The maximum absolute atomic E-state index is 12.8. The highest BCUT2D eigenvalue weighted by molar-refractivity contribution is 9.10. The van der Waals surface area contributed by atoms with E-state index in [-0.39, 0.29) is 18.4 Å². The van der Waals surface area contributed by atoms with Gasteiger partial charge >= 0.3 is 0 Å². The van der Waals surface area contributed by atoms with Crippen molar-refractivity contribution in [2.75, 3.05) is 25.0 Å². The molecule has 1 aliphatic rings. The number of benzene rings is 2. The van der Waals surface area contributed by atoms with Crippen molar-refractivity contribution in [2.45, 2.75) is 19.3 Å². The topological polar surface area (TPSA) is 58.6 Å². The molecule has 0 atom stereocenters. The Kier molecular flexibility index (Phi) is 6.74. The van der Waals surface area contributed by atoms with Gasteiger partial charge in [-0.15, -0.1) is 0 Å². The molecule has 3 rings (SSSR count). The summed E-state index contributed by atoms with van der Waals surface area (Å²) in [7, 11) is 0. The van der Waals surface area contributed by atoms with Crippen LogP contribution < -0.4 is 10.1 Å². The Morgan fingerprint density at radius 1 is 1.07 bits per heavy atom. The average Bonchev–Trinajstić information content (AvgIpc) is 2.68. The molecule has 7 heteroatoms. The van der Waals surface area contributed by atoms with Crippen molar-refractivity contribution in [1.29, 1.82) is 0 Å². The van der Waals surface area contributed by atoms with Gasteiger partial charge in [0.1, 0.15) is 5.75 Å². The zero-order valence-corrected chi connectivity index (χ0v) is 17.1. The van der Waals surface area contributed by atoms with Gasteiger partial charge in [-0.25, -0.2) is 0 Å². The van der Waals surface area contributed by atoms with Crippen molar-refractivity contribution in [3.8, 4) is 5.75 Å². The van der Waals surface area contributed by atoms with Crippen molar-refractivity contribution in [3.05, 3.63) is 57.5 Å². The minimum absolute atomic E-state index is 0.0875. The van der Waals surface area contributed by atoms with Crippen LogP contribution in [0.25, 0.3) is 0 Å². The molecule has 0 unspecified atom stereocenters. The van der Waals surface area contributed by atoms with Crippen molar-refractivity contribution in [1.82, 2.24) is 4.90 Å². The molecule has 2 aromatic carbocycles. The van der Waals surface area contributed by atoms with Gasteiger partial charge in [-0.1, -0.05) is 27.5 Å². The Hall–Kier alpha value is -2.05. The van der Waals surface area contributed by atoms with E-state index in [9.17, 15) is 9.59 Å². The number of anilines is 1. The normalized spacial score (nSPS) is 13.9. The second kappa shape index (κ2) is 9.24. The van der Waals surface area contributed by atoms with E-state index in [0.717, 1.165) is 36.8 Å². The Bertz CT molecular complexity index is 820. The molecule has 2 amide bonds. The molecule has 1 aliphatic heterocycles. The number of nitrogens with one attached hydrogen (secondary N) is 1. The lowest BCUT2D eigenvalue weighted by molar-refractivity contribution is -0.118.